The van der Waals surface area contributed by atoms with E-state index in [1.807, 2.05) is 0 Å². The van der Waals surface area contributed by atoms with Crippen LogP contribution in [0.15, 0.2) is 31.0 Å². The average molecular weight is 323 g/mol. The van der Waals surface area contributed by atoms with E-state index in [0.29, 0.717) is 17.7 Å². The van der Waals surface area contributed by atoms with E-state index >= 15 is 0 Å². The first kappa shape index (κ1) is 16.5. The summed E-state index contributed by atoms with van der Waals surface area (Å²) in [7, 11) is 0. The molecule has 23 heavy (non-hydrogen) atoms. The van der Waals surface area contributed by atoms with Crippen molar-refractivity contribution in [3.63, 3.8) is 0 Å². The summed E-state index contributed by atoms with van der Waals surface area (Å²) >= 11 is 0. The Morgan fingerprint density at radius 1 is 1.30 bits per heavy atom. The summed E-state index contributed by atoms with van der Waals surface area (Å²) in [6.45, 7) is 5.23. The quantitative estimate of drug-likeness (QED) is 0.777. The molecule has 0 saturated carbocycles. The Balaban J connectivity index is 2.52. The van der Waals surface area contributed by atoms with Crippen molar-refractivity contribution in [2.45, 2.75) is 6.92 Å². The second-order valence-electron chi connectivity index (χ2n) is 4.31. The molecule has 2 aromatic rings. The van der Waals surface area contributed by atoms with E-state index < -0.39 is 29.2 Å². The van der Waals surface area contributed by atoms with Gasteiger partial charge in [0.25, 0.3) is 0 Å². The first-order chi connectivity index (χ1) is 11.0. The van der Waals surface area contributed by atoms with Crippen LogP contribution in [0.2, 0.25) is 0 Å². The van der Waals surface area contributed by atoms with E-state index in [1.54, 1.807) is 6.92 Å². The highest BCUT2D eigenvalue weighted by Gasteiger charge is 2.22. The lowest BCUT2D eigenvalue weighted by Crippen LogP contribution is -2.10. The minimum absolute atomic E-state index is 0.0863. The predicted molar refractivity (Wildman–Crippen MR) is 76.7 cm³/mol. The highest BCUT2D eigenvalue weighted by molar-refractivity contribution is 5.96. The van der Waals surface area contributed by atoms with Gasteiger partial charge in [-0.2, -0.15) is 0 Å². The Morgan fingerprint density at radius 3 is 2.52 bits per heavy atom. The van der Waals surface area contributed by atoms with Crippen molar-refractivity contribution in [3.8, 4) is 11.6 Å². The number of carbonyl (C=O) groups is 1. The molecule has 0 bridgehead atoms. The van der Waals surface area contributed by atoms with Gasteiger partial charge >= 0.3 is 5.97 Å². The molecule has 1 aromatic carbocycles. The van der Waals surface area contributed by atoms with Crippen molar-refractivity contribution in [2.24, 2.45) is 0 Å². The van der Waals surface area contributed by atoms with Crippen molar-refractivity contribution in [2.75, 3.05) is 6.61 Å². The zero-order chi connectivity index (χ0) is 17.0. The average Bonchev–Trinajstić information content (AvgIpc) is 2.50. The molecular formula is C16H12F3NO3. The molecule has 0 N–H and O–H groups in total. The van der Waals surface area contributed by atoms with Gasteiger partial charge in [-0.3, -0.25) is 0 Å². The van der Waals surface area contributed by atoms with E-state index in [4.69, 9.17) is 9.47 Å². The zero-order valence-corrected chi connectivity index (χ0v) is 12.1. The molecule has 120 valence electrons. The number of esters is 1. The molecule has 0 fully saturated rings. The molecule has 0 aliphatic heterocycles. The van der Waals surface area contributed by atoms with Crippen molar-refractivity contribution in [1.82, 2.24) is 4.98 Å². The number of benzene rings is 1. The summed E-state index contributed by atoms with van der Waals surface area (Å²) in [6.07, 6.45) is 2.62. The highest BCUT2D eigenvalue weighted by atomic mass is 19.1. The number of rotatable bonds is 5. The fraction of sp³-hybridized carbons (Fsp3) is 0.125. The maximum Gasteiger partial charge on any atom is 0.344 e. The standard InChI is InChI=1S/C16H12F3NO3/c1-3-9-5-6-20-15(13(9)16(21)22-4-2)23-14-11(18)7-10(17)8-12(14)19/h3,5-8H,1,4H2,2H3. The van der Waals surface area contributed by atoms with Crippen LogP contribution in [0.25, 0.3) is 6.08 Å². The first-order valence-corrected chi connectivity index (χ1v) is 6.58. The van der Waals surface area contributed by atoms with Crippen molar-refractivity contribution >= 4 is 12.0 Å². The molecule has 0 radical (unpaired) electrons. The molecule has 0 aliphatic rings. The van der Waals surface area contributed by atoms with Crippen LogP contribution in [0, 0.1) is 17.5 Å². The third kappa shape index (κ3) is 3.50. The van der Waals surface area contributed by atoms with Gasteiger partial charge < -0.3 is 9.47 Å². The molecule has 1 aromatic heterocycles. The van der Waals surface area contributed by atoms with Crippen LogP contribution in [-0.4, -0.2) is 17.6 Å². The molecule has 0 aliphatic carbocycles. The van der Waals surface area contributed by atoms with E-state index in [9.17, 15) is 18.0 Å². The molecular weight excluding hydrogens is 311 g/mol. The van der Waals surface area contributed by atoms with Crippen LogP contribution in [0.5, 0.6) is 11.6 Å². The van der Waals surface area contributed by atoms with Crippen LogP contribution in [0.4, 0.5) is 13.2 Å². The lowest BCUT2D eigenvalue weighted by molar-refractivity contribution is 0.0522. The van der Waals surface area contributed by atoms with Crippen LogP contribution >= 0.6 is 0 Å². The largest absolute Gasteiger partial charge is 0.462 e. The second kappa shape index (κ2) is 6.95. The maximum absolute atomic E-state index is 13.7. The number of ether oxygens (including phenoxy) is 2. The summed E-state index contributed by atoms with van der Waals surface area (Å²) < 4.78 is 50.3. The molecule has 0 atom stereocenters. The first-order valence-electron chi connectivity index (χ1n) is 6.58. The van der Waals surface area contributed by atoms with Gasteiger partial charge in [-0.25, -0.2) is 22.9 Å². The van der Waals surface area contributed by atoms with Crippen LogP contribution in [0.3, 0.4) is 0 Å². The number of halogens is 3. The number of hydrogen-bond acceptors (Lipinski definition) is 4. The Bertz CT molecular complexity index is 739. The van der Waals surface area contributed by atoms with Gasteiger partial charge in [-0.1, -0.05) is 12.7 Å². The number of hydrogen-bond donors (Lipinski definition) is 0. The van der Waals surface area contributed by atoms with Gasteiger partial charge in [0.15, 0.2) is 11.6 Å². The molecule has 0 saturated heterocycles. The molecule has 2 rings (SSSR count). The van der Waals surface area contributed by atoms with Crippen LogP contribution in [0.1, 0.15) is 22.8 Å². The van der Waals surface area contributed by atoms with Gasteiger partial charge in [0, 0.05) is 18.3 Å². The van der Waals surface area contributed by atoms with E-state index in [2.05, 4.69) is 11.6 Å². The Morgan fingerprint density at radius 2 is 1.96 bits per heavy atom. The Labute approximate surface area is 130 Å². The summed E-state index contributed by atoms with van der Waals surface area (Å²) in [5, 5.41) is 0. The number of carbonyl (C=O) groups excluding carboxylic acids is 1. The molecule has 4 nitrogen and oxygen atoms in total. The minimum atomic E-state index is -1.26. The van der Waals surface area contributed by atoms with Crippen molar-refractivity contribution < 1.29 is 27.4 Å². The highest BCUT2D eigenvalue weighted by Crippen LogP contribution is 2.31. The number of pyridine rings is 1. The smallest absolute Gasteiger partial charge is 0.344 e. The van der Waals surface area contributed by atoms with Gasteiger partial charge in [-0.15, -0.1) is 0 Å². The van der Waals surface area contributed by atoms with E-state index in [1.165, 1.54) is 18.3 Å². The molecule has 0 unspecified atom stereocenters. The van der Waals surface area contributed by atoms with Gasteiger partial charge in [-0.05, 0) is 18.6 Å². The van der Waals surface area contributed by atoms with Crippen LogP contribution < -0.4 is 4.74 Å². The Kier molecular flexibility index (Phi) is 5.00. The fourth-order valence-corrected chi connectivity index (χ4v) is 1.84. The molecule has 1 heterocycles. The fourth-order valence-electron chi connectivity index (χ4n) is 1.84. The Hall–Kier alpha value is -2.83. The summed E-state index contributed by atoms with van der Waals surface area (Å²) in [5.41, 5.74) is 0.184. The minimum Gasteiger partial charge on any atom is -0.462 e. The summed E-state index contributed by atoms with van der Waals surface area (Å²) in [6, 6.07) is 2.38. The second-order valence-corrected chi connectivity index (χ2v) is 4.31. The molecule has 0 amide bonds. The van der Waals surface area contributed by atoms with Gasteiger partial charge in [0.2, 0.25) is 11.6 Å². The maximum atomic E-state index is 13.7. The predicted octanol–water partition coefficient (Wildman–Crippen LogP) is 4.11. The monoisotopic (exact) mass is 323 g/mol. The summed E-state index contributed by atoms with van der Waals surface area (Å²) in [4.78, 5) is 15.8. The van der Waals surface area contributed by atoms with Crippen molar-refractivity contribution in [3.05, 3.63) is 59.6 Å². The van der Waals surface area contributed by atoms with Gasteiger partial charge in [0.1, 0.15) is 11.4 Å². The third-order valence-electron chi connectivity index (χ3n) is 2.81. The summed E-state index contributed by atoms with van der Waals surface area (Å²) in [5.74, 6) is -5.64. The lowest BCUT2D eigenvalue weighted by atomic mass is 10.1. The SMILES string of the molecule is C=Cc1ccnc(Oc2c(F)cc(F)cc2F)c1C(=O)OCC. The normalized spacial score (nSPS) is 10.3. The molecule has 7 heteroatoms. The number of nitrogens with zero attached hydrogens (tertiary/aromatic N) is 1. The third-order valence-corrected chi connectivity index (χ3v) is 2.81. The zero-order valence-electron chi connectivity index (χ0n) is 12.1. The van der Waals surface area contributed by atoms with Crippen LogP contribution in [-0.2, 0) is 4.74 Å². The lowest BCUT2D eigenvalue weighted by Gasteiger charge is -2.12. The van der Waals surface area contributed by atoms with Crippen molar-refractivity contribution in [1.29, 1.82) is 0 Å². The van der Waals surface area contributed by atoms with Gasteiger partial charge in [0.05, 0.1) is 6.61 Å². The van der Waals surface area contributed by atoms with E-state index in [-0.39, 0.29) is 18.1 Å². The van der Waals surface area contributed by atoms with E-state index in [0.717, 1.165) is 0 Å². The number of aromatic nitrogens is 1. The topological polar surface area (TPSA) is 48.4 Å². The molecule has 0 spiro atoms.